The van der Waals surface area contributed by atoms with Crippen LogP contribution in [0, 0.1) is 5.92 Å². The molecular weight excluding hydrogens is 238 g/mol. The predicted molar refractivity (Wildman–Crippen MR) is 66.3 cm³/mol. The predicted octanol–water partition coefficient (Wildman–Crippen LogP) is 1.37. The molecule has 3 N–H and O–H groups in total. The van der Waals surface area contributed by atoms with Gasteiger partial charge in [0, 0.05) is 0 Å². The molecule has 1 amide bonds. The Kier molecular flexibility index (Phi) is 5.60. The fourth-order valence-electron chi connectivity index (χ4n) is 1.56. The van der Waals surface area contributed by atoms with Gasteiger partial charge in [-0.05, 0) is 33.1 Å². The molecule has 0 unspecified atom stereocenters. The molecule has 0 aromatic heterocycles. The minimum atomic E-state index is -1.70. The number of nitrogens with one attached hydrogen (secondary N) is 1. The van der Waals surface area contributed by atoms with Gasteiger partial charge in [-0.3, -0.25) is 0 Å². The Bertz CT molecular complexity index is 308. The van der Waals surface area contributed by atoms with E-state index in [1.54, 1.807) is 20.8 Å². The summed E-state index contributed by atoms with van der Waals surface area (Å²) in [5.41, 5.74) is -2.42. The number of ether oxygens (including phenoxy) is 1. The van der Waals surface area contributed by atoms with E-state index in [2.05, 4.69) is 5.32 Å². The summed E-state index contributed by atoms with van der Waals surface area (Å²) in [6.45, 7) is 7.97. The molecule has 0 saturated heterocycles. The highest BCUT2D eigenvalue weighted by Crippen LogP contribution is 2.18. The van der Waals surface area contributed by atoms with Gasteiger partial charge < -0.3 is 20.3 Å². The third-order valence-corrected chi connectivity index (χ3v) is 2.18. The molecule has 0 aromatic rings. The van der Waals surface area contributed by atoms with E-state index >= 15 is 0 Å². The molecule has 0 bridgehead atoms. The van der Waals surface area contributed by atoms with Crippen LogP contribution in [0.5, 0.6) is 0 Å². The second-order valence-electron chi connectivity index (χ2n) is 5.77. The van der Waals surface area contributed by atoms with Crippen molar-refractivity contribution in [2.75, 3.05) is 6.61 Å². The van der Waals surface area contributed by atoms with Crippen molar-refractivity contribution in [2.45, 2.75) is 52.2 Å². The minimum absolute atomic E-state index is 0.00295. The van der Waals surface area contributed by atoms with E-state index in [1.807, 2.05) is 13.8 Å². The number of aliphatic hydroxyl groups excluding tert-OH is 1. The lowest BCUT2D eigenvalue weighted by Gasteiger charge is -2.31. The van der Waals surface area contributed by atoms with Crippen LogP contribution in [0.15, 0.2) is 0 Å². The van der Waals surface area contributed by atoms with E-state index in [-0.39, 0.29) is 12.3 Å². The molecule has 0 aliphatic carbocycles. The first-order valence-corrected chi connectivity index (χ1v) is 5.88. The fraction of sp³-hybridized carbons (Fsp3) is 0.833. The maximum absolute atomic E-state index is 11.6. The molecule has 0 aromatic carbocycles. The molecule has 18 heavy (non-hydrogen) atoms. The fourth-order valence-corrected chi connectivity index (χ4v) is 1.56. The van der Waals surface area contributed by atoms with E-state index < -0.39 is 29.8 Å². The van der Waals surface area contributed by atoms with Gasteiger partial charge in [-0.25, -0.2) is 9.59 Å². The summed E-state index contributed by atoms with van der Waals surface area (Å²) in [4.78, 5) is 22.9. The number of alkyl carbamates (subject to hydrolysis) is 1. The molecule has 0 aliphatic heterocycles. The summed E-state index contributed by atoms with van der Waals surface area (Å²) < 4.78 is 5.00. The number of aliphatic carboxylic acids is 1. The van der Waals surface area contributed by atoms with Gasteiger partial charge in [0.15, 0.2) is 5.54 Å². The molecule has 0 heterocycles. The summed E-state index contributed by atoms with van der Waals surface area (Å²) in [5.74, 6) is -1.27. The van der Waals surface area contributed by atoms with E-state index in [4.69, 9.17) is 4.74 Å². The zero-order chi connectivity index (χ0) is 14.6. The number of hydrogen-bond acceptors (Lipinski definition) is 4. The van der Waals surface area contributed by atoms with E-state index in [9.17, 15) is 19.8 Å². The van der Waals surface area contributed by atoms with Crippen LogP contribution < -0.4 is 5.32 Å². The van der Waals surface area contributed by atoms with Crippen molar-refractivity contribution in [1.82, 2.24) is 5.32 Å². The van der Waals surface area contributed by atoms with Gasteiger partial charge in [-0.15, -0.1) is 0 Å². The molecule has 0 rings (SSSR count). The lowest BCUT2D eigenvalue weighted by atomic mass is 9.90. The summed E-state index contributed by atoms with van der Waals surface area (Å²) in [6.07, 6.45) is -0.725. The van der Waals surface area contributed by atoms with Crippen LogP contribution in [-0.4, -0.2) is 40.0 Å². The van der Waals surface area contributed by atoms with Crippen LogP contribution in [-0.2, 0) is 9.53 Å². The number of carboxylic acids is 1. The van der Waals surface area contributed by atoms with Crippen molar-refractivity contribution >= 4 is 12.1 Å². The Morgan fingerprint density at radius 2 is 1.78 bits per heavy atom. The molecule has 6 heteroatoms. The van der Waals surface area contributed by atoms with E-state index in [0.717, 1.165) is 0 Å². The summed E-state index contributed by atoms with van der Waals surface area (Å²) in [7, 11) is 0. The molecule has 6 nitrogen and oxygen atoms in total. The van der Waals surface area contributed by atoms with Crippen molar-refractivity contribution in [3.8, 4) is 0 Å². The Balaban J connectivity index is 4.90. The number of hydrogen-bond donors (Lipinski definition) is 3. The lowest BCUT2D eigenvalue weighted by molar-refractivity contribution is -0.147. The Hall–Kier alpha value is -1.30. The van der Waals surface area contributed by atoms with Gasteiger partial charge in [0.1, 0.15) is 5.60 Å². The number of rotatable bonds is 5. The zero-order valence-electron chi connectivity index (χ0n) is 11.6. The SMILES string of the molecule is CC(C)C[C@](CO)(NC(=O)OC(C)(C)C)C(=O)O. The number of carbonyl (C=O) groups excluding carboxylic acids is 1. The third-order valence-electron chi connectivity index (χ3n) is 2.18. The van der Waals surface area contributed by atoms with Crippen LogP contribution >= 0.6 is 0 Å². The molecule has 106 valence electrons. The number of carboxylic acid groups (broad SMARTS) is 1. The molecule has 1 atom stereocenters. The van der Waals surface area contributed by atoms with Gasteiger partial charge in [-0.2, -0.15) is 0 Å². The standard InChI is InChI=1S/C12H23NO5/c1-8(2)6-12(7-14,9(15)16)13-10(17)18-11(3,4)5/h8,14H,6-7H2,1-5H3,(H,13,17)(H,15,16)/t12-/m1/s1. The number of carbonyl (C=O) groups is 2. The maximum atomic E-state index is 11.6. The summed E-state index contributed by atoms with van der Waals surface area (Å²) in [5, 5.41) is 20.7. The van der Waals surface area contributed by atoms with Gasteiger partial charge in [0.2, 0.25) is 0 Å². The van der Waals surface area contributed by atoms with Crippen molar-refractivity contribution in [3.63, 3.8) is 0 Å². The molecule has 0 radical (unpaired) electrons. The highest BCUT2D eigenvalue weighted by molar-refractivity contribution is 5.84. The first kappa shape index (κ1) is 16.7. The van der Waals surface area contributed by atoms with Crippen LogP contribution in [0.4, 0.5) is 4.79 Å². The molecular formula is C12H23NO5. The normalized spacial score (nSPS) is 15.1. The average molecular weight is 261 g/mol. The molecule has 0 aliphatic rings. The first-order valence-electron chi connectivity index (χ1n) is 5.88. The Morgan fingerprint density at radius 3 is 2.06 bits per heavy atom. The van der Waals surface area contributed by atoms with Gasteiger partial charge in [0.05, 0.1) is 6.61 Å². The van der Waals surface area contributed by atoms with Gasteiger partial charge in [0.25, 0.3) is 0 Å². The lowest BCUT2D eigenvalue weighted by Crippen LogP contribution is -2.58. The Morgan fingerprint density at radius 1 is 1.28 bits per heavy atom. The molecule has 0 spiro atoms. The summed E-state index contributed by atoms with van der Waals surface area (Å²) in [6, 6.07) is 0. The van der Waals surface area contributed by atoms with Crippen LogP contribution in [0.1, 0.15) is 41.0 Å². The van der Waals surface area contributed by atoms with E-state index in [1.165, 1.54) is 0 Å². The monoisotopic (exact) mass is 261 g/mol. The first-order chi connectivity index (χ1) is 8.02. The van der Waals surface area contributed by atoms with Gasteiger partial charge >= 0.3 is 12.1 Å². The second kappa shape index (κ2) is 6.04. The van der Waals surface area contributed by atoms with Gasteiger partial charge in [-0.1, -0.05) is 13.8 Å². The second-order valence-corrected chi connectivity index (χ2v) is 5.77. The molecule has 0 saturated carbocycles. The van der Waals surface area contributed by atoms with E-state index in [0.29, 0.717) is 0 Å². The van der Waals surface area contributed by atoms with Crippen LogP contribution in [0.25, 0.3) is 0 Å². The van der Waals surface area contributed by atoms with Crippen molar-refractivity contribution in [2.24, 2.45) is 5.92 Å². The molecule has 0 fully saturated rings. The highest BCUT2D eigenvalue weighted by atomic mass is 16.6. The van der Waals surface area contributed by atoms with Crippen LogP contribution in [0.2, 0.25) is 0 Å². The van der Waals surface area contributed by atoms with Crippen LogP contribution in [0.3, 0.4) is 0 Å². The third kappa shape index (κ3) is 5.35. The highest BCUT2D eigenvalue weighted by Gasteiger charge is 2.41. The quantitative estimate of drug-likeness (QED) is 0.694. The van der Waals surface area contributed by atoms with Crippen molar-refractivity contribution < 1.29 is 24.5 Å². The largest absolute Gasteiger partial charge is 0.479 e. The summed E-state index contributed by atoms with van der Waals surface area (Å²) >= 11 is 0. The average Bonchev–Trinajstić information content (AvgIpc) is 2.12. The number of amides is 1. The Labute approximate surface area is 107 Å². The topological polar surface area (TPSA) is 95.9 Å². The van der Waals surface area contributed by atoms with Crippen molar-refractivity contribution in [1.29, 1.82) is 0 Å². The minimum Gasteiger partial charge on any atom is -0.479 e. The van der Waals surface area contributed by atoms with Crippen molar-refractivity contribution in [3.05, 3.63) is 0 Å². The zero-order valence-corrected chi connectivity index (χ0v) is 11.6. The maximum Gasteiger partial charge on any atom is 0.408 e. The number of aliphatic hydroxyl groups is 1. The smallest absolute Gasteiger partial charge is 0.408 e.